The molecule has 0 aliphatic carbocycles. The summed E-state index contributed by atoms with van der Waals surface area (Å²) in [5.41, 5.74) is 7.45. The average Bonchev–Trinajstić information content (AvgIpc) is 3.02. The third kappa shape index (κ3) is 6.84. The molecule has 6 heteroatoms. The molecule has 2 rings (SSSR count). The zero-order valence-corrected chi connectivity index (χ0v) is 14.1. The minimum Gasteiger partial charge on any atom is -0.352 e. The summed E-state index contributed by atoms with van der Waals surface area (Å²) in [5.74, 6) is 0.0974. The minimum atomic E-state index is 0. The van der Waals surface area contributed by atoms with Crippen LogP contribution in [0.25, 0.3) is 5.69 Å². The van der Waals surface area contributed by atoms with Gasteiger partial charge >= 0.3 is 0 Å². The average molecular weight is 337 g/mol. The van der Waals surface area contributed by atoms with Crippen molar-refractivity contribution in [3.63, 3.8) is 0 Å². The third-order valence-electron chi connectivity index (χ3n) is 3.50. The van der Waals surface area contributed by atoms with Crippen LogP contribution in [0, 0.1) is 0 Å². The van der Waals surface area contributed by atoms with Crippen LogP contribution in [0.4, 0.5) is 0 Å². The van der Waals surface area contributed by atoms with Gasteiger partial charge in [-0.15, -0.1) is 12.4 Å². The van der Waals surface area contributed by atoms with Crippen LogP contribution in [0.15, 0.2) is 42.7 Å². The van der Waals surface area contributed by atoms with Crippen LogP contribution in [0.3, 0.4) is 0 Å². The summed E-state index contributed by atoms with van der Waals surface area (Å²) in [6.45, 7) is 1.26. The number of nitrogens with one attached hydrogen (secondary N) is 1. The van der Waals surface area contributed by atoms with Gasteiger partial charge in [0.05, 0.1) is 11.9 Å². The van der Waals surface area contributed by atoms with Crippen LogP contribution in [0.1, 0.15) is 37.7 Å². The lowest BCUT2D eigenvalue weighted by molar-refractivity contribution is -0.121. The second-order valence-corrected chi connectivity index (χ2v) is 5.36. The minimum absolute atomic E-state index is 0. The van der Waals surface area contributed by atoms with Crippen molar-refractivity contribution in [2.24, 2.45) is 5.73 Å². The number of benzene rings is 1. The molecule has 0 atom stereocenters. The van der Waals surface area contributed by atoms with Gasteiger partial charge in [-0.2, -0.15) is 5.10 Å². The second-order valence-electron chi connectivity index (χ2n) is 5.36. The van der Waals surface area contributed by atoms with E-state index in [2.05, 4.69) is 10.4 Å². The van der Waals surface area contributed by atoms with E-state index in [1.165, 1.54) is 0 Å². The predicted octanol–water partition coefficient (Wildman–Crippen LogP) is 2.82. The highest BCUT2D eigenvalue weighted by molar-refractivity contribution is 5.85. The standard InChI is InChI=1S/C17H24N4O.ClH/c18-11-7-2-1-6-10-17(22)19-12-15-13-20-21(14-15)16-8-4-3-5-9-16;/h3-5,8-9,13-14H,1-2,6-7,10-12,18H2,(H,19,22);1H. The number of amides is 1. The van der Waals surface area contributed by atoms with Gasteiger partial charge in [0.25, 0.3) is 0 Å². The summed E-state index contributed by atoms with van der Waals surface area (Å²) < 4.78 is 1.81. The van der Waals surface area contributed by atoms with Crippen molar-refractivity contribution in [2.75, 3.05) is 6.54 Å². The fourth-order valence-corrected chi connectivity index (χ4v) is 2.25. The van der Waals surface area contributed by atoms with E-state index in [-0.39, 0.29) is 18.3 Å². The molecule has 2 aromatic rings. The lowest BCUT2D eigenvalue weighted by Gasteiger charge is -2.03. The van der Waals surface area contributed by atoms with E-state index in [1.807, 2.05) is 41.2 Å². The van der Waals surface area contributed by atoms with Crippen molar-refractivity contribution in [3.8, 4) is 5.69 Å². The number of carbonyl (C=O) groups is 1. The van der Waals surface area contributed by atoms with Crippen LogP contribution >= 0.6 is 12.4 Å². The molecular weight excluding hydrogens is 312 g/mol. The quantitative estimate of drug-likeness (QED) is 0.691. The fraction of sp³-hybridized carbons (Fsp3) is 0.412. The zero-order chi connectivity index (χ0) is 15.6. The Morgan fingerprint density at radius 1 is 1.13 bits per heavy atom. The Morgan fingerprint density at radius 2 is 1.87 bits per heavy atom. The van der Waals surface area contributed by atoms with Crippen LogP contribution in [-0.4, -0.2) is 22.2 Å². The van der Waals surface area contributed by atoms with Gasteiger partial charge in [0.2, 0.25) is 5.91 Å². The first-order valence-electron chi connectivity index (χ1n) is 7.85. The lowest BCUT2D eigenvalue weighted by Crippen LogP contribution is -2.22. The Kier molecular flexibility index (Phi) is 9.02. The molecule has 0 fully saturated rings. The van der Waals surface area contributed by atoms with Gasteiger partial charge in [-0.1, -0.05) is 31.0 Å². The number of nitrogens with zero attached hydrogens (tertiary/aromatic N) is 2. The molecule has 5 nitrogen and oxygen atoms in total. The van der Waals surface area contributed by atoms with Crippen LogP contribution in [0.2, 0.25) is 0 Å². The number of halogens is 1. The molecule has 0 spiro atoms. The number of carbonyl (C=O) groups excluding carboxylic acids is 1. The maximum Gasteiger partial charge on any atom is 0.220 e. The van der Waals surface area contributed by atoms with E-state index in [0.29, 0.717) is 13.0 Å². The van der Waals surface area contributed by atoms with E-state index in [9.17, 15) is 4.79 Å². The SMILES string of the molecule is Cl.NCCCCCCC(=O)NCc1cnn(-c2ccccc2)c1. The zero-order valence-electron chi connectivity index (χ0n) is 13.3. The lowest BCUT2D eigenvalue weighted by atomic mass is 10.1. The highest BCUT2D eigenvalue weighted by Gasteiger charge is 2.04. The molecule has 0 saturated carbocycles. The van der Waals surface area contributed by atoms with Gasteiger partial charge in [-0.05, 0) is 31.5 Å². The highest BCUT2D eigenvalue weighted by Crippen LogP contribution is 2.08. The number of rotatable bonds is 9. The Morgan fingerprint density at radius 3 is 2.61 bits per heavy atom. The number of unbranched alkanes of at least 4 members (excludes halogenated alkanes) is 3. The highest BCUT2D eigenvalue weighted by atomic mass is 35.5. The molecule has 0 unspecified atom stereocenters. The Hall–Kier alpha value is -1.85. The van der Waals surface area contributed by atoms with E-state index in [0.717, 1.165) is 43.5 Å². The van der Waals surface area contributed by atoms with Gasteiger partial charge in [0.15, 0.2) is 0 Å². The van der Waals surface area contributed by atoms with E-state index in [4.69, 9.17) is 5.73 Å². The first kappa shape index (κ1) is 19.2. The van der Waals surface area contributed by atoms with Crippen molar-refractivity contribution in [2.45, 2.75) is 38.6 Å². The summed E-state index contributed by atoms with van der Waals surface area (Å²) >= 11 is 0. The number of hydrogen-bond donors (Lipinski definition) is 2. The summed E-state index contributed by atoms with van der Waals surface area (Å²) in [6.07, 6.45) is 8.45. The van der Waals surface area contributed by atoms with Gasteiger partial charge in [-0.25, -0.2) is 4.68 Å². The number of aromatic nitrogens is 2. The van der Waals surface area contributed by atoms with Crippen LogP contribution < -0.4 is 11.1 Å². The molecule has 1 aromatic carbocycles. The first-order chi connectivity index (χ1) is 10.8. The molecule has 0 aliphatic rings. The van der Waals surface area contributed by atoms with E-state index < -0.39 is 0 Å². The monoisotopic (exact) mass is 336 g/mol. The van der Waals surface area contributed by atoms with E-state index in [1.54, 1.807) is 6.20 Å². The van der Waals surface area contributed by atoms with Crippen LogP contribution in [0.5, 0.6) is 0 Å². The third-order valence-corrected chi connectivity index (χ3v) is 3.50. The van der Waals surface area contributed by atoms with Crippen molar-refractivity contribution in [1.82, 2.24) is 15.1 Å². The van der Waals surface area contributed by atoms with Crippen molar-refractivity contribution in [1.29, 1.82) is 0 Å². The Labute approximate surface area is 143 Å². The molecule has 0 aliphatic heterocycles. The Balaban J connectivity index is 0.00000264. The summed E-state index contributed by atoms with van der Waals surface area (Å²) in [6, 6.07) is 9.92. The predicted molar refractivity (Wildman–Crippen MR) is 94.8 cm³/mol. The molecule has 1 aromatic heterocycles. The molecule has 1 heterocycles. The van der Waals surface area contributed by atoms with Gasteiger partial charge in [-0.3, -0.25) is 4.79 Å². The van der Waals surface area contributed by atoms with Gasteiger partial charge in [0, 0.05) is 24.7 Å². The Bertz CT molecular complexity index is 571. The number of hydrogen-bond acceptors (Lipinski definition) is 3. The molecule has 1 amide bonds. The summed E-state index contributed by atoms with van der Waals surface area (Å²) in [4.78, 5) is 11.8. The molecule has 23 heavy (non-hydrogen) atoms. The normalized spacial score (nSPS) is 10.1. The van der Waals surface area contributed by atoms with Crippen molar-refractivity contribution >= 4 is 18.3 Å². The smallest absolute Gasteiger partial charge is 0.220 e. The first-order valence-corrected chi connectivity index (χ1v) is 7.85. The maximum atomic E-state index is 11.8. The van der Waals surface area contributed by atoms with Crippen molar-refractivity contribution in [3.05, 3.63) is 48.3 Å². The largest absolute Gasteiger partial charge is 0.352 e. The molecule has 3 N–H and O–H groups in total. The molecular formula is C17H25ClN4O. The molecule has 0 bridgehead atoms. The van der Waals surface area contributed by atoms with Crippen LogP contribution in [-0.2, 0) is 11.3 Å². The topological polar surface area (TPSA) is 72.9 Å². The second kappa shape index (κ2) is 10.8. The molecule has 126 valence electrons. The number of nitrogens with two attached hydrogens (primary N) is 1. The fourth-order valence-electron chi connectivity index (χ4n) is 2.25. The van der Waals surface area contributed by atoms with Gasteiger partial charge < -0.3 is 11.1 Å². The van der Waals surface area contributed by atoms with E-state index >= 15 is 0 Å². The number of para-hydroxylation sites is 1. The molecule has 0 radical (unpaired) electrons. The summed E-state index contributed by atoms with van der Waals surface area (Å²) in [5, 5.41) is 7.25. The van der Waals surface area contributed by atoms with Gasteiger partial charge in [0.1, 0.15) is 0 Å². The van der Waals surface area contributed by atoms with Crippen molar-refractivity contribution < 1.29 is 4.79 Å². The summed E-state index contributed by atoms with van der Waals surface area (Å²) in [7, 11) is 0. The molecule has 0 saturated heterocycles. The maximum absolute atomic E-state index is 11.8.